The largest absolute Gasteiger partial charge is 0.383 e. The Kier molecular flexibility index (Phi) is 6.73. The van der Waals surface area contributed by atoms with Gasteiger partial charge in [0.2, 0.25) is 5.91 Å². The third-order valence-corrected chi connectivity index (χ3v) is 6.09. The highest BCUT2D eigenvalue weighted by atomic mass is 32.1. The fourth-order valence-electron chi connectivity index (χ4n) is 2.95. The minimum absolute atomic E-state index is 0.00804. The second-order valence-corrected chi connectivity index (χ2v) is 8.09. The highest BCUT2D eigenvalue weighted by Gasteiger charge is 2.34. The summed E-state index contributed by atoms with van der Waals surface area (Å²) in [4.78, 5) is 28.2. The molecule has 144 valence electrons. The van der Waals surface area contributed by atoms with Gasteiger partial charge in [-0.3, -0.25) is 14.5 Å². The molecular formula is C18H22N4O3S2. The maximum absolute atomic E-state index is 13.0. The lowest BCUT2D eigenvalue weighted by molar-refractivity contribution is -0.134. The number of rotatable bonds is 9. The summed E-state index contributed by atoms with van der Waals surface area (Å²) < 4.78 is 5.06. The molecule has 27 heavy (non-hydrogen) atoms. The number of methoxy groups -OCH3 is 1. The fraction of sp³-hybridized carbons (Fsp3) is 0.389. The Morgan fingerprint density at radius 2 is 2.07 bits per heavy atom. The van der Waals surface area contributed by atoms with Crippen LogP contribution in [-0.4, -0.2) is 60.8 Å². The summed E-state index contributed by atoms with van der Waals surface area (Å²) in [6, 6.07) is 7.87. The van der Waals surface area contributed by atoms with Crippen LogP contribution in [0.2, 0.25) is 0 Å². The standard InChI is InChI=1S/C18H22N4O3S2/c1-25-7-6-21(11-17(19)23)12-18(24)22-14(16-5-3-9-27-16)10-13(20-22)15-4-2-8-26-15/h2-5,8-9,14H,6-7,10-12H2,1H3,(H2,19,23). The molecule has 3 rings (SSSR count). The Morgan fingerprint density at radius 3 is 2.70 bits per heavy atom. The van der Waals surface area contributed by atoms with Crippen LogP contribution in [-0.2, 0) is 14.3 Å². The van der Waals surface area contributed by atoms with E-state index >= 15 is 0 Å². The Bertz CT molecular complexity index is 790. The van der Waals surface area contributed by atoms with Gasteiger partial charge < -0.3 is 10.5 Å². The third-order valence-electron chi connectivity index (χ3n) is 4.19. The molecule has 0 bridgehead atoms. The molecule has 0 aromatic carbocycles. The monoisotopic (exact) mass is 406 g/mol. The predicted molar refractivity (Wildman–Crippen MR) is 107 cm³/mol. The molecule has 9 heteroatoms. The number of hydrazone groups is 1. The number of hydrogen-bond donors (Lipinski definition) is 1. The molecule has 0 aliphatic carbocycles. The molecule has 0 spiro atoms. The van der Waals surface area contributed by atoms with Crippen LogP contribution < -0.4 is 5.73 Å². The summed E-state index contributed by atoms with van der Waals surface area (Å²) in [6.07, 6.45) is 0.681. The van der Waals surface area contributed by atoms with Crippen molar-refractivity contribution in [3.8, 4) is 0 Å². The summed E-state index contributed by atoms with van der Waals surface area (Å²) >= 11 is 3.23. The lowest BCUT2D eigenvalue weighted by Gasteiger charge is -2.25. The zero-order valence-corrected chi connectivity index (χ0v) is 16.7. The van der Waals surface area contributed by atoms with Crippen molar-refractivity contribution in [3.63, 3.8) is 0 Å². The van der Waals surface area contributed by atoms with E-state index in [4.69, 9.17) is 10.5 Å². The van der Waals surface area contributed by atoms with Gasteiger partial charge in [-0.15, -0.1) is 22.7 Å². The van der Waals surface area contributed by atoms with Gasteiger partial charge >= 0.3 is 0 Å². The van der Waals surface area contributed by atoms with Gasteiger partial charge in [-0.25, -0.2) is 5.01 Å². The van der Waals surface area contributed by atoms with Gasteiger partial charge in [-0.1, -0.05) is 12.1 Å². The average Bonchev–Trinajstić information content (AvgIpc) is 3.39. The lowest BCUT2D eigenvalue weighted by atomic mass is 10.1. The maximum Gasteiger partial charge on any atom is 0.257 e. The van der Waals surface area contributed by atoms with E-state index in [1.807, 2.05) is 35.0 Å². The van der Waals surface area contributed by atoms with Crippen LogP contribution in [0.4, 0.5) is 0 Å². The predicted octanol–water partition coefficient (Wildman–Crippen LogP) is 1.92. The molecule has 0 saturated heterocycles. The number of carbonyl (C=O) groups is 2. The van der Waals surface area contributed by atoms with Crippen molar-refractivity contribution < 1.29 is 14.3 Å². The lowest BCUT2D eigenvalue weighted by Crippen LogP contribution is -2.43. The van der Waals surface area contributed by atoms with Gasteiger partial charge in [0.15, 0.2) is 0 Å². The van der Waals surface area contributed by atoms with E-state index in [0.29, 0.717) is 19.6 Å². The van der Waals surface area contributed by atoms with E-state index in [9.17, 15) is 9.59 Å². The van der Waals surface area contributed by atoms with E-state index in [1.54, 1.807) is 39.7 Å². The van der Waals surface area contributed by atoms with Crippen LogP contribution in [0.25, 0.3) is 0 Å². The number of amides is 2. The normalized spacial score (nSPS) is 16.7. The van der Waals surface area contributed by atoms with Crippen molar-refractivity contribution >= 4 is 40.2 Å². The van der Waals surface area contributed by atoms with Gasteiger partial charge in [0.25, 0.3) is 5.91 Å². The SMILES string of the molecule is COCCN(CC(N)=O)CC(=O)N1N=C(c2cccs2)CC1c1cccs1. The van der Waals surface area contributed by atoms with Crippen LogP contribution in [0.1, 0.15) is 22.2 Å². The summed E-state index contributed by atoms with van der Waals surface area (Å²) in [5, 5.41) is 10.2. The molecule has 7 nitrogen and oxygen atoms in total. The third kappa shape index (κ3) is 5.01. The smallest absolute Gasteiger partial charge is 0.257 e. The molecule has 2 aromatic heterocycles. The molecule has 1 aliphatic rings. The molecule has 1 aliphatic heterocycles. The van der Waals surface area contributed by atoms with E-state index in [-0.39, 0.29) is 25.0 Å². The first-order chi connectivity index (χ1) is 13.1. The van der Waals surface area contributed by atoms with Gasteiger partial charge in [0.05, 0.1) is 36.3 Å². The minimum Gasteiger partial charge on any atom is -0.383 e. The van der Waals surface area contributed by atoms with Gasteiger partial charge in [-0.05, 0) is 22.9 Å². The van der Waals surface area contributed by atoms with Crippen molar-refractivity contribution in [1.82, 2.24) is 9.91 Å². The van der Waals surface area contributed by atoms with Crippen molar-refractivity contribution in [2.45, 2.75) is 12.5 Å². The number of primary amides is 1. The van der Waals surface area contributed by atoms with Crippen molar-refractivity contribution in [3.05, 3.63) is 44.8 Å². The topological polar surface area (TPSA) is 88.2 Å². The zero-order valence-electron chi connectivity index (χ0n) is 15.0. The van der Waals surface area contributed by atoms with Crippen LogP contribution in [0.3, 0.4) is 0 Å². The van der Waals surface area contributed by atoms with E-state index in [0.717, 1.165) is 15.5 Å². The first-order valence-electron chi connectivity index (χ1n) is 8.55. The first-order valence-corrected chi connectivity index (χ1v) is 10.3. The van der Waals surface area contributed by atoms with Gasteiger partial charge in [0.1, 0.15) is 0 Å². The quantitative estimate of drug-likeness (QED) is 0.689. The number of carbonyl (C=O) groups excluding carboxylic acids is 2. The highest BCUT2D eigenvalue weighted by Crippen LogP contribution is 2.35. The molecule has 3 heterocycles. The molecule has 2 aromatic rings. The fourth-order valence-corrected chi connectivity index (χ4v) is 4.49. The zero-order chi connectivity index (χ0) is 19.2. The molecule has 2 N–H and O–H groups in total. The molecule has 0 saturated carbocycles. The average molecular weight is 407 g/mol. The molecular weight excluding hydrogens is 384 g/mol. The molecule has 0 radical (unpaired) electrons. The molecule has 0 fully saturated rings. The number of hydrogen-bond acceptors (Lipinski definition) is 7. The summed E-state index contributed by atoms with van der Waals surface area (Å²) in [5.74, 6) is -0.629. The van der Waals surface area contributed by atoms with Crippen molar-refractivity contribution in [2.75, 3.05) is 33.4 Å². The number of ether oxygens (including phenoxy) is 1. The first kappa shape index (κ1) is 19.7. The number of nitrogens with zero attached hydrogens (tertiary/aromatic N) is 3. The maximum atomic E-state index is 13.0. The van der Waals surface area contributed by atoms with Crippen LogP contribution in [0.5, 0.6) is 0 Å². The van der Waals surface area contributed by atoms with Gasteiger partial charge in [-0.2, -0.15) is 5.10 Å². The van der Waals surface area contributed by atoms with Crippen molar-refractivity contribution in [2.24, 2.45) is 10.8 Å². The highest BCUT2D eigenvalue weighted by molar-refractivity contribution is 7.12. The summed E-state index contributed by atoms with van der Waals surface area (Å²) in [7, 11) is 1.58. The van der Waals surface area contributed by atoms with Crippen molar-refractivity contribution in [1.29, 1.82) is 0 Å². The second-order valence-electron chi connectivity index (χ2n) is 6.17. The Labute approximate surface area is 166 Å². The van der Waals surface area contributed by atoms with Crippen LogP contribution in [0, 0.1) is 0 Å². The summed E-state index contributed by atoms with van der Waals surface area (Å²) in [5.41, 5.74) is 6.23. The molecule has 2 amide bonds. The van der Waals surface area contributed by atoms with Gasteiger partial charge in [0, 0.05) is 25.0 Å². The Hall–Kier alpha value is -2.07. The van der Waals surface area contributed by atoms with E-state index in [1.165, 1.54) is 0 Å². The number of thiophene rings is 2. The van der Waals surface area contributed by atoms with E-state index < -0.39 is 5.91 Å². The van der Waals surface area contributed by atoms with Crippen LogP contribution in [0.15, 0.2) is 40.1 Å². The molecule has 1 atom stereocenters. The minimum atomic E-state index is -0.474. The second kappa shape index (κ2) is 9.23. The Balaban J connectivity index is 1.78. The Morgan fingerprint density at radius 1 is 1.30 bits per heavy atom. The number of nitrogens with two attached hydrogens (primary N) is 1. The summed E-state index contributed by atoms with van der Waals surface area (Å²) in [6.45, 7) is 0.937. The van der Waals surface area contributed by atoms with E-state index in [2.05, 4.69) is 5.10 Å². The molecule has 1 unspecified atom stereocenters. The van der Waals surface area contributed by atoms with Crippen LogP contribution >= 0.6 is 22.7 Å².